The van der Waals surface area contributed by atoms with Crippen LogP contribution in [0.5, 0.6) is 0 Å². The second kappa shape index (κ2) is 6.83. The molecule has 6 nitrogen and oxygen atoms in total. The first kappa shape index (κ1) is 18.3. The summed E-state index contributed by atoms with van der Waals surface area (Å²) in [7, 11) is 1.91. The molecule has 2 N–H and O–H groups in total. The third-order valence-electron chi connectivity index (χ3n) is 4.57. The van der Waals surface area contributed by atoms with Crippen LogP contribution in [0.25, 0.3) is 0 Å². The zero-order valence-electron chi connectivity index (χ0n) is 13.9. The zero-order chi connectivity index (χ0) is 18.1. The van der Waals surface area contributed by atoms with Crippen LogP contribution in [0.4, 0.5) is 5.69 Å². The number of nitrogens with zero attached hydrogens (tertiary/aromatic N) is 2. The Kier molecular flexibility index (Phi) is 5.20. The van der Waals surface area contributed by atoms with Gasteiger partial charge in [0.25, 0.3) is 0 Å². The molecular formula is C17H21ClN2O4. The number of carboxylic acids is 2. The fourth-order valence-electron chi connectivity index (χ4n) is 3.14. The number of halogens is 1. The van der Waals surface area contributed by atoms with Crippen molar-refractivity contribution in [1.29, 1.82) is 0 Å². The highest BCUT2D eigenvalue weighted by atomic mass is 35.5. The van der Waals surface area contributed by atoms with Crippen molar-refractivity contribution in [1.82, 2.24) is 4.90 Å². The van der Waals surface area contributed by atoms with E-state index >= 15 is 0 Å². The lowest BCUT2D eigenvalue weighted by Gasteiger charge is -2.52. The normalized spacial score (nSPS) is 25.6. The molecule has 0 radical (unpaired) electrons. The van der Waals surface area contributed by atoms with E-state index in [9.17, 15) is 14.7 Å². The maximum atomic E-state index is 11.8. The van der Waals surface area contributed by atoms with Crippen molar-refractivity contribution in [3.63, 3.8) is 0 Å². The summed E-state index contributed by atoms with van der Waals surface area (Å²) in [6.45, 7) is 4.76. The van der Waals surface area contributed by atoms with E-state index in [1.54, 1.807) is 19.1 Å². The molecule has 7 heteroatoms. The molecule has 1 saturated heterocycles. The summed E-state index contributed by atoms with van der Waals surface area (Å²) >= 11 is 5.95. The van der Waals surface area contributed by atoms with Crippen LogP contribution in [-0.4, -0.2) is 58.8 Å². The minimum atomic E-state index is -1.27. The molecule has 2 rings (SSSR count). The quantitative estimate of drug-likeness (QED) is 0.809. The fraction of sp³-hybridized carbons (Fsp3) is 0.412. The minimum Gasteiger partial charge on any atom is -0.478 e. The molecule has 1 aliphatic rings. The van der Waals surface area contributed by atoms with Crippen LogP contribution < -0.4 is 4.90 Å². The van der Waals surface area contributed by atoms with Gasteiger partial charge >= 0.3 is 11.9 Å². The summed E-state index contributed by atoms with van der Waals surface area (Å²) in [6.07, 6.45) is 0.787. The molecule has 0 aliphatic carbocycles. The number of hydrogen-bond donors (Lipinski definition) is 2. The van der Waals surface area contributed by atoms with Gasteiger partial charge in [-0.3, -0.25) is 4.90 Å². The van der Waals surface area contributed by atoms with E-state index in [0.717, 1.165) is 11.8 Å². The summed E-state index contributed by atoms with van der Waals surface area (Å²) in [6, 6.07) is 7.30. The lowest BCUT2D eigenvalue weighted by molar-refractivity contribution is -0.135. The van der Waals surface area contributed by atoms with E-state index < -0.39 is 17.5 Å². The van der Waals surface area contributed by atoms with E-state index in [4.69, 9.17) is 16.7 Å². The Morgan fingerprint density at radius 1 is 1.29 bits per heavy atom. The van der Waals surface area contributed by atoms with Crippen LogP contribution in [0.15, 0.2) is 35.9 Å². The first-order chi connectivity index (χ1) is 11.1. The van der Waals surface area contributed by atoms with E-state index in [0.29, 0.717) is 18.1 Å². The first-order valence-electron chi connectivity index (χ1n) is 7.57. The first-order valence-corrected chi connectivity index (χ1v) is 7.95. The number of aliphatic carboxylic acids is 2. The predicted octanol–water partition coefficient (Wildman–Crippen LogP) is 2.33. The molecular weight excluding hydrogens is 332 g/mol. The molecule has 1 fully saturated rings. The minimum absolute atomic E-state index is 0.149. The summed E-state index contributed by atoms with van der Waals surface area (Å²) in [5, 5.41) is 19.3. The van der Waals surface area contributed by atoms with Crippen LogP contribution in [-0.2, 0) is 9.59 Å². The topological polar surface area (TPSA) is 81.1 Å². The summed E-state index contributed by atoms with van der Waals surface area (Å²) < 4.78 is 0. The Bertz CT molecular complexity index is 674. The standard InChI is InChI=1S/C17H21ClN2O4/c1-11-9-20(13-6-4-12(18)5-7-13)17(2,10-19(11)3)14(16(23)24)8-15(21)22/h4-8,11H,9-10H2,1-3H3,(H,21,22)(H,23,24)/b14-8-. The Morgan fingerprint density at radius 3 is 2.38 bits per heavy atom. The van der Waals surface area contributed by atoms with Gasteiger partial charge in [-0.1, -0.05) is 11.6 Å². The second-order valence-electron chi connectivity index (χ2n) is 6.33. The van der Waals surface area contributed by atoms with Gasteiger partial charge in [-0.15, -0.1) is 0 Å². The van der Waals surface area contributed by atoms with Crippen LogP contribution in [0.2, 0.25) is 5.02 Å². The number of rotatable bonds is 4. The number of carboxylic acid groups (broad SMARTS) is 2. The van der Waals surface area contributed by atoms with Gasteiger partial charge in [0.1, 0.15) is 0 Å². The highest BCUT2D eigenvalue weighted by Crippen LogP contribution is 2.35. The molecule has 130 valence electrons. The zero-order valence-corrected chi connectivity index (χ0v) is 14.6. The molecule has 1 aromatic carbocycles. The smallest absolute Gasteiger partial charge is 0.334 e. The number of piperazine rings is 1. The summed E-state index contributed by atoms with van der Waals surface area (Å²) in [4.78, 5) is 26.9. The van der Waals surface area contributed by atoms with Crippen molar-refractivity contribution < 1.29 is 19.8 Å². The third kappa shape index (κ3) is 3.55. The fourth-order valence-corrected chi connectivity index (χ4v) is 3.27. The van der Waals surface area contributed by atoms with Crippen molar-refractivity contribution in [2.75, 3.05) is 25.0 Å². The molecule has 2 atom stereocenters. The molecule has 0 aromatic heterocycles. The van der Waals surface area contributed by atoms with Crippen molar-refractivity contribution in [3.8, 4) is 0 Å². The van der Waals surface area contributed by atoms with Crippen LogP contribution >= 0.6 is 11.6 Å². The summed E-state index contributed by atoms with van der Waals surface area (Å²) in [5.74, 6) is -2.51. The van der Waals surface area contributed by atoms with Crippen molar-refractivity contribution in [2.24, 2.45) is 0 Å². The second-order valence-corrected chi connectivity index (χ2v) is 6.76. The van der Waals surface area contributed by atoms with Gasteiger partial charge in [-0.25, -0.2) is 9.59 Å². The highest BCUT2D eigenvalue weighted by molar-refractivity contribution is 6.30. The predicted molar refractivity (Wildman–Crippen MR) is 92.6 cm³/mol. The van der Waals surface area contributed by atoms with E-state index in [1.165, 1.54) is 0 Å². The molecule has 0 spiro atoms. The molecule has 0 bridgehead atoms. The number of hydrogen-bond acceptors (Lipinski definition) is 4. The highest BCUT2D eigenvalue weighted by Gasteiger charge is 2.45. The molecule has 0 saturated carbocycles. The van der Waals surface area contributed by atoms with E-state index in [-0.39, 0.29) is 11.6 Å². The van der Waals surface area contributed by atoms with Gasteiger partial charge in [0.2, 0.25) is 0 Å². The number of benzene rings is 1. The monoisotopic (exact) mass is 352 g/mol. The van der Waals surface area contributed by atoms with Crippen LogP contribution in [0, 0.1) is 0 Å². The molecule has 1 aliphatic heterocycles. The average molecular weight is 353 g/mol. The van der Waals surface area contributed by atoms with Gasteiger partial charge in [0, 0.05) is 35.9 Å². The van der Waals surface area contributed by atoms with E-state index in [2.05, 4.69) is 0 Å². The van der Waals surface area contributed by atoms with E-state index in [1.807, 2.05) is 35.9 Å². The Balaban J connectivity index is 2.57. The molecule has 24 heavy (non-hydrogen) atoms. The van der Waals surface area contributed by atoms with Crippen molar-refractivity contribution in [3.05, 3.63) is 40.9 Å². The molecule has 0 amide bonds. The van der Waals surface area contributed by atoms with Gasteiger partial charge in [0.15, 0.2) is 0 Å². The van der Waals surface area contributed by atoms with Crippen LogP contribution in [0.1, 0.15) is 13.8 Å². The lowest BCUT2D eigenvalue weighted by atomic mass is 9.84. The molecule has 1 aromatic rings. The van der Waals surface area contributed by atoms with Crippen molar-refractivity contribution in [2.45, 2.75) is 25.4 Å². The number of carbonyl (C=O) groups is 2. The average Bonchev–Trinajstić information content (AvgIpc) is 2.49. The Morgan fingerprint density at radius 2 is 1.88 bits per heavy atom. The third-order valence-corrected chi connectivity index (χ3v) is 4.82. The SMILES string of the molecule is CC1CN(c2ccc(Cl)cc2)C(C)(/C(=C\C(=O)O)C(=O)O)CN1C. The number of likely N-dealkylation sites (N-methyl/N-ethyl adjacent to an activating group) is 1. The number of anilines is 1. The van der Waals surface area contributed by atoms with Crippen molar-refractivity contribution >= 4 is 29.2 Å². The van der Waals surface area contributed by atoms with Gasteiger partial charge in [-0.05, 0) is 45.2 Å². The van der Waals surface area contributed by atoms with Gasteiger partial charge in [0.05, 0.1) is 11.1 Å². The summed E-state index contributed by atoms with van der Waals surface area (Å²) in [5.41, 5.74) is -0.331. The molecule has 2 unspecified atom stereocenters. The maximum Gasteiger partial charge on any atom is 0.334 e. The molecule has 1 heterocycles. The van der Waals surface area contributed by atoms with Gasteiger partial charge < -0.3 is 15.1 Å². The van der Waals surface area contributed by atoms with Crippen LogP contribution in [0.3, 0.4) is 0 Å². The lowest BCUT2D eigenvalue weighted by Crippen LogP contribution is -2.65. The largest absolute Gasteiger partial charge is 0.478 e. The van der Waals surface area contributed by atoms with Gasteiger partial charge in [-0.2, -0.15) is 0 Å². The maximum absolute atomic E-state index is 11.8. The Labute approximate surface area is 145 Å². The Hall–Kier alpha value is -2.05.